The fraction of sp³-hybridized carbons (Fsp3) is 0.0526. The minimum atomic E-state index is -0.229. The number of benzene rings is 1. The number of anilines is 1. The molecule has 4 rings (SSSR count). The Hall–Kier alpha value is -2.61. The number of aromatic nitrogens is 3. The molecule has 0 spiro atoms. The molecule has 3 aromatic heterocycles. The summed E-state index contributed by atoms with van der Waals surface area (Å²) >= 11 is 8.89. The molecule has 3 heterocycles. The zero-order chi connectivity index (χ0) is 18.8. The van der Waals surface area contributed by atoms with Crippen molar-refractivity contribution >= 4 is 45.3 Å². The minimum absolute atomic E-state index is 0.229. The number of nitrogens with one attached hydrogen (secondary N) is 1. The van der Waals surface area contributed by atoms with Crippen molar-refractivity contribution in [3.05, 3.63) is 69.6 Å². The number of carbonyl (C=O) groups excluding carboxylic acids is 1. The predicted octanol–water partition coefficient (Wildman–Crippen LogP) is 5.54. The van der Waals surface area contributed by atoms with E-state index >= 15 is 0 Å². The lowest BCUT2D eigenvalue weighted by Gasteiger charge is -2.00. The van der Waals surface area contributed by atoms with E-state index in [0.29, 0.717) is 25.7 Å². The molecule has 0 aliphatic heterocycles. The Bertz CT molecular complexity index is 1110. The summed E-state index contributed by atoms with van der Waals surface area (Å²) in [5, 5.41) is 6.58. The summed E-state index contributed by atoms with van der Waals surface area (Å²) in [6.45, 7) is 1.81. The van der Waals surface area contributed by atoms with E-state index in [9.17, 15) is 4.79 Å². The number of amides is 1. The number of rotatable bonds is 4. The molecule has 0 saturated carbocycles. The van der Waals surface area contributed by atoms with Crippen molar-refractivity contribution in [3.63, 3.8) is 0 Å². The molecule has 0 bridgehead atoms. The second kappa shape index (κ2) is 7.56. The Morgan fingerprint density at radius 2 is 1.89 bits per heavy atom. The van der Waals surface area contributed by atoms with Crippen molar-refractivity contribution in [2.75, 3.05) is 5.32 Å². The molecule has 0 saturated heterocycles. The largest absolute Gasteiger partial charge is 0.297 e. The van der Waals surface area contributed by atoms with Gasteiger partial charge in [-0.25, -0.2) is 9.97 Å². The molecule has 0 radical (unpaired) electrons. The minimum Gasteiger partial charge on any atom is -0.297 e. The Morgan fingerprint density at radius 3 is 2.67 bits per heavy atom. The molecule has 0 fully saturated rings. The third kappa shape index (κ3) is 3.75. The summed E-state index contributed by atoms with van der Waals surface area (Å²) in [4.78, 5) is 26.4. The average molecular weight is 413 g/mol. The number of halogens is 1. The molecule has 134 valence electrons. The lowest BCUT2D eigenvalue weighted by atomic mass is 10.2. The number of carbonyl (C=O) groups is 1. The van der Waals surface area contributed by atoms with Gasteiger partial charge in [0.15, 0.2) is 5.13 Å². The highest BCUT2D eigenvalue weighted by atomic mass is 35.5. The first kappa shape index (κ1) is 17.8. The van der Waals surface area contributed by atoms with Gasteiger partial charge in [-0.3, -0.25) is 15.1 Å². The first-order valence-electron chi connectivity index (χ1n) is 8.02. The lowest BCUT2D eigenvalue weighted by Crippen LogP contribution is -2.11. The molecule has 8 heteroatoms. The maximum Gasteiger partial charge on any atom is 0.269 e. The summed E-state index contributed by atoms with van der Waals surface area (Å²) in [6.07, 6.45) is 1.71. The van der Waals surface area contributed by atoms with Crippen molar-refractivity contribution in [1.82, 2.24) is 15.0 Å². The van der Waals surface area contributed by atoms with Crippen molar-refractivity contribution < 1.29 is 4.79 Å². The third-order valence-electron chi connectivity index (χ3n) is 3.76. The monoisotopic (exact) mass is 412 g/mol. The standard InChI is InChI=1S/C19H13ClN4OS2/c1-11-16(27-18(22-11)14-8-4-5-9-21-14)17(25)24-19-23-15(10-26-19)12-6-2-3-7-13(12)20/h2-10H,1H3,(H,23,24,25). The van der Waals surface area contributed by atoms with E-state index in [1.807, 2.05) is 54.8 Å². The highest BCUT2D eigenvalue weighted by Crippen LogP contribution is 2.31. The molecule has 5 nitrogen and oxygen atoms in total. The molecule has 0 atom stereocenters. The summed E-state index contributed by atoms with van der Waals surface area (Å²) in [6, 6.07) is 13.1. The van der Waals surface area contributed by atoms with Gasteiger partial charge in [-0.15, -0.1) is 22.7 Å². The summed E-state index contributed by atoms with van der Waals surface area (Å²) < 4.78 is 0. The number of hydrogen-bond acceptors (Lipinski definition) is 6. The van der Waals surface area contributed by atoms with E-state index in [1.54, 1.807) is 6.20 Å². The molecule has 0 aliphatic rings. The first-order chi connectivity index (χ1) is 13.1. The van der Waals surface area contributed by atoms with Crippen LogP contribution < -0.4 is 5.32 Å². The van der Waals surface area contributed by atoms with Crippen LogP contribution in [0, 0.1) is 6.92 Å². The Morgan fingerprint density at radius 1 is 1.07 bits per heavy atom. The van der Waals surface area contributed by atoms with Gasteiger partial charge in [-0.1, -0.05) is 35.9 Å². The van der Waals surface area contributed by atoms with Crippen molar-refractivity contribution in [2.45, 2.75) is 6.92 Å². The van der Waals surface area contributed by atoms with Crippen LogP contribution in [-0.4, -0.2) is 20.9 Å². The van der Waals surface area contributed by atoms with Crippen LogP contribution >= 0.6 is 34.3 Å². The molecule has 1 N–H and O–H groups in total. The summed E-state index contributed by atoms with van der Waals surface area (Å²) in [5.41, 5.74) is 2.99. The quantitative estimate of drug-likeness (QED) is 0.477. The molecule has 1 amide bonds. The SMILES string of the molecule is Cc1nc(-c2ccccn2)sc1C(=O)Nc1nc(-c2ccccc2Cl)cs1. The topological polar surface area (TPSA) is 67.8 Å². The Balaban J connectivity index is 1.55. The predicted molar refractivity (Wildman–Crippen MR) is 111 cm³/mol. The number of pyridine rings is 1. The smallest absolute Gasteiger partial charge is 0.269 e. The fourth-order valence-electron chi connectivity index (χ4n) is 2.48. The van der Waals surface area contributed by atoms with Gasteiger partial charge in [-0.2, -0.15) is 0 Å². The Labute approximate surface area is 168 Å². The van der Waals surface area contributed by atoms with Crippen LogP contribution in [0.3, 0.4) is 0 Å². The molecule has 0 aliphatic carbocycles. The fourth-order valence-corrected chi connectivity index (χ4v) is 4.36. The second-order valence-electron chi connectivity index (χ2n) is 5.62. The highest BCUT2D eigenvalue weighted by Gasteiger charge is 2.18. The molecule has 1 aromatic carbocycles. The van der Waals surface area contributed by atoms with E-state index in [4.69, 9.17) is 11.6 Å². The maximum atomic E-state index is 12.7. The average Bonchev–Trinajstić information content (AvgIpc) is 3.29. The van der Waals surface area contributed by atoms with E-state index in [2.05, 4.69) is 20.3 Å². The highest BCUT2D eigenvalue weighted by molar-refractivity contribution is 7.17. The van der Waals surface area contributed by atoms with E-state index in [-0.39, 0.29) is 5.91 Å². The number of nitrogens with zero attached hydrogens (tertiary/aromatic N) is 3. The van der Waals surface area contributed by atoms with Gasteiger partial charge in [0.2, 0.25) is 0 Å². The van der Waals surface area contributed by atoms with E-state index < -0.39 is 0 Å². The number of hydrogen-bond donors (Lipinski definition) is 1. The third-order valence-corrected chi connectivity index (χ3v) is 6.03. The molecular weight excluding hydrogens is 400 g/mol. The van der Waals surface area contributed by atoms with Crippen LogP contribution in [0.25, 0.3) is 22.0 Å². The van der Waals surface area contributed by atoms with Gasteiger partial charge in [0.05, 0.1) is 17.1 Å². The van der Waals surface area contributed by atoms with Crippen LogP contribution in [0.4, 0.5) is 5.13 Å². The zero-order valence-corrected chi connectivity index (χ0v) is 16.5. The van der Waals surface area contributed by atoms with Crippen molar-refractivity contribution in [3.8, 4) is 22.0 Å². The molecule has 4 aromatic rings. The number of aryl methyl sites for hydroxylation is 1. The van der Waals surface area contributed by atoms with Crippen LogP contribution in [0.2, 0.25) is 5.02 Å². The maximum absolute atomic E-state index is 12.7. The zero-order valence-electron chi connectivity index (χ0n) is 14.1. The van der Waals surface area contributed by atoms with Crippen LogP contribution in [0.15, 0.2) is 54.0 Å². The van der Waals surface area contributed by atoms with Gasteiger partial charge in [0.25, 0.3) is 5.91 Å². The van der Waals surface area contributed by atoms with Crippen LogP contribution in [0.1, 0.15) is 15.4 Å². The first-order valence-corrected chi connectivity index (χ1v) is 10.1. The second-order valence-corrected chi connectivity index (χ2v) is 7.88. The molecule has 0 unspecified atom stereocenters. The van der Waals surface area contributed by atoms with Gasteiger partial charge >= 0.3 is 0 Å². The molecule has 27 heavy (non-hydrogen) atoms. The van der Waals surface area contributed by atoms with Gasteiger partial charge in [0.1, 0.15) is 9.88 Å². The number of thiazole rings is 2. The van der Waals surface area contributed by atoms with Crippen LogP contribution in [0.5, 0.6) is 0 Å². The van der Waals surface area contributed by atoms with E-state index in [0.717, 1.165) is 17.0 Å². The normalized spacial score (nSPS) is 10.7. The van der Waals surface area contributed by atoms with Crippen LogP contribution in [-0.2, 0) is 0 Å². The Kier molecular flexibility index (Phi) is 4.98. The van der Waals surface area contributed by atoms with Crippen molar-refractivity contribution in [2.24, 2.45) is 0 Å². The van der Waals surface area contributed by atoms with E-state index in [1.165, 1.54) is 22.7 Å². The summed E-state index contributed by atoms with van der Waals surface area (Å²) in [5.74, 6) is -0.229. The van der Waals surface area contributed by atoms with Gasteiger partial charge in [0, 0.05) is 22.2 Å². The lowest BCUT2D eigenvalue weighted by molar-refractivity contribution is 0.103. The van der Waals surface area contributed by atoms with Crippen molar-refractivity contribution in [1.29, 1.82) is 0 Å². The molecular formula is C19H13ClN4OS2. The summed E-state index contributed by atoms with van der Waals surface area (Å²) in [7, 11) is 0. The van der Waals surface area contributed by atoms with Gasteiger partial charge in [-0.05, 0) is 25.1 Å². The van der Waals surface area contributed by atoms with Gasteiger partial charge < -0.3 is 0 Å².